The summed E-state index contributed by atoms with van der Waals surface area (Å²) >= 11 is 0. The van der Waals surface area contributed by atoms with E-state index in [0.717, 1.165) is 18.8 Å². The molecule has 4 heteroatoms. The van der Waals surface area contributed by atoms with Gasteiger partial charge in [-0.15, -0.1) is 0 Å². The summed E-state index contributed by atoms with van der Waals surface area (Å²) in [5.74, 6) is 1.39. The molecule has 0 spiro atoms. The number of carbonyl (C=O) groups is 1. The van der Waals surface area contributed by atoms with Crippen LogP contribution in [0.25, 0.3) is 0 Å². The van der Waals surface area contributed by atoms with Crippen LogP contribution in [0, 0.1) is 45.3 Å². The number of hydrogen-bond donors (Lipinski definition) is 1. The molecule has 1 saturated heterocycles. The number of aliphatic hydroxyl groups excluding tert-OH is 1. The number of fused-ring (bicyclic) bond motifs is 7. The lowest BCUT2D eigenvalue weighted by Gasteiger charge is -2.70. The summed E-state index contributed by atoms with van der Waals surface area (Å²) in [6.07, 6.45) is 9.75. The average molecular weight is 431 g/mol. The minimum Gasteiger partial charge on any atom is -0.462 e. The lowest BCUT2D eigenvalue weighted by molar-refractivity contribution is -0.253. The number of carbonyl (C=O) groups excluding carboxylic acids is 1. The van der Waals surface area contributed by atoms with Gasteiger partial charge in [-0.1, -0.05) is 47.1 Å². The molecular formula is C27H42O4. The molecule has 0 aromatic heterocycles. The fourth-order valence-electron chi connectivity index (χ4n) is 10.1. The second-order valence-electron chi connectivity index (χ2n) is 12.9. The third kappa shape index (κ3) is 2.82. The fourth-order valence-corrected chi connectivity index (χ4v) is 10.1. The van der Waals surface area contributed by atoms with Crippen molar-refractivity contribution in [3.63, 3.8) is 0 Å². The molecule has 0 aromatic carbocycles. The van der Waals surface area contributed by atoms with Crippen molar-refractivity contribution < 1.29 is 19.4 Å². The Morgan fingerprint density at radius 1 is 1.06 bits per heavy atom. The Morgan fingerprint density at radius 2 is 1.77 bits per heavy atom. The normalized spacial score (nSPS) is 52.8. The Bertz CT molecular complexity index is 801. The van der Waals surface area contributed by atoms with Gasteiger partial charge in [0.05, 0.1) is 6.61 Å². The summed E-state index contributed by atoms with van der Waals surface area (Å²) < 4.78 is 11.9. The maximum absolute atomic E-state index is 12.3. The molecule has 31 heavy (non-hydrogen) atoms. The largest absolute Gasteiger partial charge is 0.462 e. The molecule has 4 aliphatic carbocycles. The van der Waals surface area contributed by atoms with E-state index in [4.69, 9.17) is 9.47 Å². The molecule has 174 valence electrons. The van der Waals surface area contributed by atoms with Gasteiger partial charge in [0.1, 0.15) is 6.10 Å². The van der Waals surface area contributed by atoms with Gasteiger partial charge in [0.25, 0.3) is 0 Å². The minimum absolute atomic E-state index is 0.0679. The van der Waals surface area contributed by atoms with Gasteiger partial charge in [0, 0.05) is 18.3 Å². The molecule has 3 unspecified atom stereocenters. The van der Waals surface area contributed by atoms with Gasteiger partial charge >= 0.3 is 5.97 Å². The van der Waals surface area contributed by atoms with Crippen molar-refractivity contribution in [3.8, 4) is 0 Å². The van der Waals surface area contributed by atoms with Crippen molar-refractivity contribution >= 4 is 5.97 Å². The van der Waals surface area contributed by atoms with Crippen molar-refractivity contribution in [2.45, 2.75) is 98.9 Å². The van der Waals surface area contributed by atoms with Crippen LogP contribution in [-0.4, -0.2) is 30.1 Å². The van der Waals surface area contributed by atoms with Crippen LogP contribution in [0.3, 0.4) is 0 Å². The summed E-state index contributed by atoms with van der Waals surface area (Å²) in [4.78, 5) is 12.3. The third-order valence-corrected chi connectivity index (χ3v) is 11.2. The Labute approximate surface area is 188 Å². The molecule has 0 radical (unpaired) electrons. The van der Waals surface area contributed by atoms with E-state index in [-0.39, 0.29) is 34.2 Å². The Morgan fingerprint density at radius 3 is 2.48 bits per heavy atom. The molecule has 0 amide bonds. The first-order valence-corrected chi connectivity index (χ1v) is 12.6. The van der Waals surface area contributed by atoms with E-state index in [1.807, 2.05) is 0 Å². The van der Waals surface area contributed by atoms with Crippen LogP contribution in [0.15, 0.2) is 11.6 Å². The highest BCUT2D eigenvalue weighted by Gasteiger charge is 2.70. The highest BCUT2D eigenvalue weighted by Crippen LogP contribution is 2.73. The third-order valence-electron chi connectivity index (χ3n) is 11.2. The van der Waals surface area contributed by atoms with Gasteiger partial charge in [-0.05, 0) is 78.1 Å². The number of aliphatic hydroxyl groups is 1. The van der Waals surface area contributed by atoms with E-state index in [0.29, 0.717) is 23.9 Å². The van der Waals surface area contributed by atoms with Crippen molar-refractivity contribution in [2.24, 2.45) is 45.3 Å². The van der Waals surface area contributed by atoms with Crippen LogP contribution >= 0.6 is 0 Å². The van der Waals surface area contributed by atoms with Gasteiger partial charge in [-0.25, -0.2) is 0 Å². The first kappa shape index (κ1) is 21.9. The summed E-state index contributed by atoms with van der Waals surface area (Å²) in [6.45, 7) is 14.4. The van der Waals surface area contributed by atoms with Gasteiger partial charge in [-0.2, -0.15) is 0 Å². The van der Waals surface area contributed by atoms with E-state index in [9.17, 15) is 9.90 Å². The van der Waals surface area contributed by atoms with Crippen LogP contribution in [0.1, 0.15) is 86.5 Å². The van der Waals surface area contributed by atoms with Crippen LogP contribution in [0.2, 0.25) is 0 Å². The molecular weight excluding hydrogens is 388 g/mol. The van der Waals surface area contributed by atoms with Crippen LogP contribution in [0.4, 0.5) is 0 Å². The molecule has 9 atom stereocenters. The molecule has 0 aromatic rings. The van der Waals surface area contributed by atoms with E-state index < -0.39 is 6.29 Å². The van der Waals surface area contributed by atoms with E-state index >= 15 is 0 Å². The van der Waals surface area contributed by atoms with Gasteiger partial charge < -0.3 is 14.6 Å². The predicted octanol–water partition coefficient (Wildman–Crippen LogP) is 5.49. The van der Waals surface area contributed by atoms with Crippen LogP contribution in [-0.2, 0) is 14.3 Å². The van der Waals surface area contributed by atoms with Crippen molar-refractivity contribution in [2.75, 3.05) is 6.61 Å². The number of rotatable bonds is 1. The molecule has 4 nitrogen and oxygen atoms in total. The maximum atomic E-state index is 12.3. The van der Waals surface area contributed by atoms with Crippen molar-refractivity contribution in [1.82, 2.24) is 0 Å². The Hall–Kier alpha value is -0.870. The number of esters is 1. The Balaban J connectivity index is 1.62. The topological polar surface area (TPSA) is 55.8 Å². The zero-order valence-corrected chi connectivity index (χ0v) is 20.4. The zero-order valence-electron chi connectivity index (χ0n) is 20.4. The van der Waals surface area contributed by atoms with E-state index in [2.05, 4.69) is 40.7 Å². The first-order valence-electron chi connectivity index (χ1n) is 12.6. The maximum Gasteiger partial charge on any atom is 0.302 e. The molecule has 5 aliphatic rings. The van der Waals surface area contributed by atoms with Gasteiger partial charge in [0.2, 0.25) is 0 Å². The molecule has 4 fully saturated rings. The highest BCUT2D eigenvalue weighted by molar-refractivity contribution is 5.66. The average Bonchev–Trinajstić information content (AvgIpc) is 3.04. The predicted molar refractivity (Wildman–Crippen MR) is 120 cm³/mol. The second-order valence-corrected chi connectivity index (χ2v) is 12.9. The van der Waals surface area contributed by atoms with Gasteiger partial charge in [-0.3, -0.25) is 4.79 Å². The summed E-state index contributed by atoms with van der Waals surface area (Å²) in [7, 11) is 0. The first-order chi connectivity index (χ1) is 14.4. The second kappa shape index (κ2) is 6.82. The molecule has 3 saturated carbocycles. The fraction of sp³-hybridized carbons (Fsp3) is 0.889. The smallest absolute Gasteiger partial charge is 0.302 e. The highest BCUT2D eigenvalue weighted by atomic mass is 16.6. The summed E-state index contributed by atoms with van der Waals surface area (Å²) in [5, 5.41) is 10.9. The monoisotopic (exact) mass is 430 g/mol. The van der Waals surface area contributed by atoms with Gasteiger partial charge in [0.15, 0.2) is 6.29 Å². The number of ether oxygens (including phenoxy) is 2. The zero-order chi connectivity index (χ0) is 22.4. The molecule has 1 N–H and O–H groups in total. The van der Waals surface area contributed by atoms with Crippen LogP contribution < -0.4 is 0 Å². The number of allylic oxidation sites excluding steroid dienone is 1. The minimum atomic E-state index is -0.794. The molecule has 1 heterocycles. The lowest BCUT2D eigenvalue weighted by atomic mass is 9.34. The summed E-state index contributed by atoms with van der Waals surface area (Å²) in [5.41, 5.74) is 1.77. The van der Waals surface area contributed by atoms with Crippen molar-refractivity contribution in [1.29, 1.82) is 0 Å². The van der Waals surface area contributed by atoms with Crippen molar-refractivity contribution in [3.05, 3.63) is 11.6 Å². The quantitative estimate of drug-likeness (QED) is 0.442. The standard InChI is InChI=1S/C27H42O4/c1-16(28)31-21-14-20-25(4)12-7-11-24(2,3)18(25)10-13-26(20,5)19-9-8-17-15-30-23(29)22(17)27(19,21)6/h8,18-23,29H,7,9-15H2,1-6H3/t18?,19?,20?,21-,22+,23+,25-,26-,27+/m0/s1. The molecule has 1 aliphatic heterocycles. The van der Waals surface area contributed by atoms with E-state index in [1.54, 1.807) is 6.92 Å². The molecule has 0 bridgehead atoms. The number of hydrogen-bond acceptors (Lipinski definition) is 4. The summed E-state index contributed by atoms with van der Waals surface area (Å²) in [6, 6.07) is 0. The Kier molecular flexibility index (Phi) is 4.83. The van der Waals surface area contributed by atoms with E-state index in [1.165, 1.54) is 37.7 Å². The SMILES string of the molecule is CC(=O)O[C@H]1CC2[C@@]3(C)CCCC(C)(C)C3CC[C@@]2(C)C2CC=C3CO[C@@H](O)[C@@H]3[C@]21C. The van der Waals surface area contributed by atoms with Crippen LogP contribution in [0.5, 0.6) is 0 Å². The molecule has 5 rings (SSSR count). The lowest BCUT2D eigenvalue weighted by Crippen LogP contribution is -2.67.